The van der Waals surface area contributed by atoms with Crippen LogP contribution in [0.15, 0.2) is 42.5 Å². The quantitative estimate of drug-likeness (QED) is 0.374. The van der Waals surface area contributed by atoms with Crippen molar-refractivity contribution in [1.82, 2.24) is 5.48 Å². The van der Waals surface area contributed by atoms with Crippen molar-refractivity contribution < 1.29 is 10.0 Å². The van der Waals surface area contributed by atoms with E-state index in [9.17, 15) is 4.79 Å². The molecule has 2 aromatic carbocycles. The molecule has 0 aliphatic heterocycles. The number of rotatable bonds is 3. The minimum atomic E-state index is -0.397. The highest BCUT2D eigenvalue weighted by atomic mass is 32.1. The highest BCUT2D eigenvalue weighted by molar-refractivity contribution is 7.78. The van der Waals surface area contributed by atoms with E-state index in [0.717, 1.165) is 10.9 Å². The maximum Gasteiger partial charge on any atom is 0.303 e. The van der Waals surface area contributed by atoms with Crippen LogP contribution >= 0.6 is 0 Å². The first kappa shape index (κ1) is 11.7. The number of nitrogens with one attached hydrogen (secondary N) is 1. The third kappa shape index (κ3) is 2.87. The molecule has 0 atom stereocenters. The molecule has 0 aliphatic rings. The van der Waals surface area contributed by atoms with Gasteiger partial charge < -0.3 is 0 Å². The molecule has 0 spiro atoms. The lowest BCUT2D eigenvalue weighted by molar-refractivity contribution is -0.126. The third-order valence-electron chi connectivity index (χ3n) is 2.37. The second-order valence-electron chi connectivity index (χ2n) is 3.53. The van der Waals surface area contributed by atoms with Gasteiger partial charge in [0.2, 0.25) is 0 Å². The lowest BCUT2D eigenvalue weighted by Crippen LogP contribution is -2.21. The Balaban J connectivity index is 2.27. The number of hydrogen-bond acceptors (Lipinski definition) is 2. The van der Waals surface area contributed by atoms with Crippen molar-refractivity contribution in [3.05, 3.63) is 48.0 Å². The zero-order valence-electron chi connectivity index (χ0n) is 9.09. The van der Waals surface area contributed by atoms with Gasteiger partial charge in [0, 0.05) is 5.56 Å². The lowest BCUT2D eigenvalue weighted by atomic mass is 10.1. The average Bonchev–Trinajstić information content (AvgIpc) is 2.39. The average molecular weight is 246 g/mol. The fourth-order valence-corrected chi connectivity index (χ4v) is 2.28. The molecule has 0 saturated carbocycles. The van der Waals surface area contributed by atoms with Gasteiger partial charge in [-0.15, -0.1) is 0 Å². The van der Waals surface area contributed by atoms with Crippen molar-refractivity contribution in [2.45, 2.75) is 0 Å². The number of benzene rings is 2. The van der Waals surface area contributed by atoms with Crippen LogP contribution in [0.2, 0.25) is 0 Å². The number of carbonyl (C=O) groups excluding carboxylic acids is 1. The molecule has 0 unspecified atom stereocenters. The van der Waals surface area contributed by atoms with E-state index in [4.69, 9.17) is 5.21 Å². The first-order valence-corrected chi connectivity index (χ1v) is 6.21. The van der Waals surface area contributed by atoms with Crippen LogP contribution < -0.4 is 5.48 Å². The fraction of sp³-hybridized carbons (Fsp3) is 0.0769. The molecule has 2 rings (SSSR count). The van der Waals surface area contributed by atoms with Gasteiger partial charge in [0.25, 0.3) is 5.75 Å². The second kappa shape index (κ2) is 5.52. The van der Waals surface area contributed by atoms with Crippen LogP contribution in [-0.4, -0.2) is 22.2 Å². The minimum Gasteiger partial charge on any atom is -0.288 e. The number of fused-ring (bicyclic) bond motifs is 1. The molecule has 2 aromatic rings. The Morgan fingerprint density at radius 1 is 1.24 bits per heavy atom. The van der Waals surface area contributed by atoms with Crippen LogP contribution in [-0.2, 0) is 16.1 Å². The van der Waals surface area contributed by atoms with Crippen molar-refractivity contribution in [2.24, 2.45) is 0 Å². The van der Waals surface area contributed by atoms with Crippen LogP contribution in [0.25, 0.3) is 10.8 Å². The third-order valence-corrected chi connectivity index (χ3v) is 3.22. The lowest BCUT2D eigenvalue weighted by Gasteiger charge is -1.97. The van der Waals surface area contributed by atoms with Gasteiger partial charge in [-0.05, 0) is 16.8 Å². The first-order chi connectivity index (χ1) is 8.31. The zero-order chi connectivity index (χ0) is 12.1. The Hall–Kier alpha value is -1.78. The van der Waals surface area contributed by atoms with Crippen LogP contribution in [0.4, 0.5) is 0 Å². The van der Waals surface area contributed by atoms with Crippen LogP contribution in [0.5, 0.6) is 0 Å². The summed E-state index contributed by atoms with van der Waals surface area (Å²) in [7, 11) is 0. The van der Waals surface area contributed by atoms with Crippen LogP contribution in [0, 0.1) is 0 Å². The Kier molecular flexibility index (Phi) is 3.80. The van der Waals surface area contributed by atoms with E-state index >= 15 is 0 Å². The molecule has 0 aromatic heterocycles. The van der Waals surface area contributed by atoms with E-state index in [1.807, 2.05) is 35.7 Å². The number of hydroxylamine groups is 1. The molecule has 3 nitrogen and oxygen atoms in total. The molecule has 0 bridgehead atoms. The molecule has 4 heteroatoms. The van der Waals surface area contributed by atoms with E-state index in [1.54, 1.807) is 5.48 Å². The van der Waals surface area contributed by atoms with Gasteiger partial charge in [-0.2, -0.15) is 0 Å². The van der Waals surface area contributed by atoms with E-state index in [1.165, 1.54) is 16.7 Å². The molecule has 0 fully saturated rings. The van der Waals surface area contributed by atoms with Crippen molar-refractivity contribution >= 4 is 33.4 Å². The van der Waals surface area contributed by atoms with Gasteiger partial charge in [0.05, 0.1) is 0 Å². The summed E-state index contributed by atoms with van der Waals surface area (Å²) in [5.41, 5.74) is 2.69. The van der Waals surface area contributed by atoms with Gasteiger partial charge in [0.15, 0.2) is 16.7 Å². The van der Waals surface area contributed by atoms with Gasteiger partial charge in [0.1, 0.15) is 0 Å². The smallest absolute Gasteiger partial charge is 0.288 e. The van der Waals surface area contributed by atoms with E-state index in [-0.39, 0.29) is 5.75 Å². The summed E-state index contributed by atoms with van der Waals surface area (Å²) in [6.07, 6.45) is 0. The normalized spacial score (nSPS) is 10.9. The van der Waals surface area contributed by atoms with Crippen molar-refractivity contribution in [2.75, 3.05) is 5.75 Å². The van der Waals surface area contributed by atoms with Crippen LogP contribution in [0.1, 0.15) is 5.56 Å². The molecular weight excluding hydrogens is 234 g/mol. The maximum absolute atomic E-state index is 10.9. The minimum absolute atomic E-state index is 0.208. The summed E-state index contributed by atoms with van der Waals surface area (Å²) in [6, 6.07) is 14.1. The van der Waals surface area contributed by atoms with Gasteiger partial charge in [-0.3, -0.25) is 10.0 Å². The summed E-state index contributed by atoms with van der Waals surface area (Å²) in [5.74, 6) is -0.189. The summed E-state index contributed by atoms with van der Waals surface area (Å²) in [5, 5.41) is 12.6. The molecule has 0 heterocycles. The first-order valence-electron chi connectivity index (χ1n) is 5.17. The molecular formula is C13H12NO2S+. The summed E-state index contributed by atoms with van der Waals surface area (Å²) < 4.78 is 0. The zero-order valence-corrected chi connectivity index (χ0v) is 9.91. The molecule has 1 amide bonds. The largest absolute Gasteiger partial charge is 0.303 e. The molecule has 0 radical (unpaired) electrons. The standard InChI is InChI=1S/C13H11NO2S/c15-13(14-16)9-17-8-11-6-3-5-10-4-1-2-7-12(10)11/h1-8H,9H2,(H-,14,15,16)/p+1. The Morgan fingerprint density at radius 2 is 2.00 bits per heavy atom. The number of carbonyl (C=O) groups is 1. The predicted molar refractivity (Wildman–Crippen MR) is 71.3 cm³/mol. The SMILES string of the molecule is O=C(C[S+]=Cc1cccc2ccccc12)NO. The number of hydrogen-bond donors (Lipinski definition) is 2. The second-order valence-corrected chi connectivity index (χ2v) is 4.39. The van der Waals surface area contributed by atoms with Crippen LogP contribution in [0.3, 0.4) is 0 Å². The maximum atomic E-state index is 10.9. The Morgan fingerprint density at radius 3 is 2.82 bits per heavy atom. The molecule has 0 saturated heterocycles. The Bertz CT molecular complexity index is 561. The van der Waals surface area contributed by atoms with Gasteiger partial charge in [-0.25, -0.2) is 5.48 Å². The van der Waals surface area contributed by atoms with E-state index in [2.05, 4.69) is 12.1 Å². The topological polar surface area (TPSA) is 49.3 Å². The number of amides is 1. The molecule has 17 heavy (non-hydrogen) atoms. The van der Waals surface area contributed by atoms with E-state index in [0.29, 0.717) is 0 Å². The van der Waals surface area contributed by atoms with Crippen molar-refractivity contribution in [3.8, 4) is 0 Å². The Labute approximate surface area is 103 Å². The van der Waals surface area contributed by atoms with Gasteiger partial charge >= 0.3 is 5.91 Å². The fourth-order valence-electron chi connectivity index (χ4n) is 1.59. The summed E-state index contributed by atoms with van der Waals surface area (Å²) in [4.78, 5) is 10.9. The van der Waals surface area contributed by atoms with Crippen molar-refractivity contribution in [3.63, 3.8) is 0 Å². The van der Waals surface area contributed by atoms with Gasteiger partial charge in [-0.1, -0.05) is 36.4 Å². The van der Waals surface area contributed by atoms with E-state index < -0.39 is 5.91 Å². The molecule has 86 valence electrons. The monoisotopic (exact) mass is 246 g/mol. The molecule has 2 N–H and O–H groups in total. The highest BCUT2D eigenvalue weighted by Gasteiger charge is 2.06. The van der Waals surface area contributed by atoms with Crippen molar-refractivity contribution in [1.29, 1.82) is 0 Å². The summed E-state index contributed by atoms with van der Waals surface area (Å²) >= 11 is 1.36. The highest BCUT2D eigenvalue weighted by Crippen LogP contribution is 2.16. The summed E-state index contributed by atoms with van der Waals surface area (Å²) in [6.45, 7) is 0. The molecule has 0 aliphatic carbocycles. The predicted octanol–water partition coefficient (Wildman–Crippen LogP) is 1.58.